The van der Waals surface area contributed by atoms with Gasteiger partial charge < -0.3 is 20.3 Å². The van der Waals surface area contributed by atoms with Crippen LogP contribution in [0.1, 0.15) is 31.8 Å². The molecule has 2 N–H and O–H groups in total. The fraction of sp³-hybridized carbons (Fsp3) is 0.240. The predicted molar refractivity (Wildman–Crippen MR) is 123 cm³/mol. The molecule has 1 aliphatic rings. The number of morpholine rings is 1. The number of nitrogens with zero attached hydrogens (tertiary/aromatic N) is 2. The van der Waals surface area contributed by atoms with E-state index in [2.05, 4.69) is 15.6 Å². The Morgan fingerprint density at radius 1 is 1.00 bits per heavy atom. The van der Waals surface area contributed by atoms with Crippen LogP contribution in [0.4, 0.5) is 24.7 Å². The van der Waals surface area contributed by atoms with Crippen molar-refractivity contribution in [3.05, 3.63) is 89.1 Å². The molecule has 10 heteroatoms. The van der Waals surface area contributed by atoms with Crippen molar-refractivity contribution >= 4 is 23.3 Å². The molecule has 35 heavy (non-hydrogen) atoms. The Labute approximate surface area is 199 Å². The number of halogens is 3. The molecule has 0 aliphatic carbocycles. The van der Waals surface area contributed by atoms with Gasteiger partial charge in [0, 0.05) is 37.1 Å². The highest BCUT2D eigenvalue weighted by molar-refractivity contribution is 5.99. The van der Waals surface area contributed by atoms with Crippen LogP contribution < -0.4 is 10.6 Å². The SMILES string of the molecule is O=C(NCc1ccc(C(=O)N2CCOCC2)cc1)c1cccnc1Nc1cccc(C(F)(F)F)c1. The van der Waals surface area contributed by atoms with Crippen LogP contribution in [0.2, 0.25) is 0 Å². The normalized spacial score (nSPS) is 13.9. The number of carbonyl (C=O) groups is 2. The molecule has 1 saturated heterocycles. The van der Waals surface area contributed by atoms with E-state index in [-0.39, 0.29) is 29.5 Å². The van der Waals surface area contributed by atoms with Crippen molar-refractivity contribution in [2.45, 2.75) is 12.7 Å². The summed E-state index contributed by atoms with van der Waals surface area (Å²) in [7, 11) is 0. The zero-order chi connectivity index (χ0) is 24.8. The maximum atomic E-state index is 13.0. The first-order chi connectivity index (χ1) is 16.8. The molecule has 7 nitrogen and oxygen atoms in total. The Hall–Kier alpha value is -3.92. The first kappa shape index (κ1) is 24.2. The number of carbonyl (C=O) groups excluding carboxylic acids is 2. The fourth-order valence-corrected chi connectivity index (χ4v) is 3.59. The highest BCUT2D eigenvalue weighted by atomic mass is 19.4. The van der Waals surface area contributed by atoms with Gasteiger partial charge in [-0.25, -0.2) is 4.98 Å². The van der Waals surface area contributed by atoms with Crippen molar-refractivity contribution in [3.8, 4) is 0 Å². The number of rotatable bonds is 6. The predicted octanol–water partition coefficient (Wildman–Crippen LogP) is 4.25. The van der Waals surface area contributed by atoms with Gasteiger partial charge in [-0.2, -0.15) is 13.2 Å². The monoisotopic (exact) mass is 484 g/mol. The van der Waals surface area contributed by atoms with Crippen molar-refractivity contribution in [1.29, 1.82) is 0 Å². The number of benzene rings is 2. The Morgan fingerprint density at radius 3 is 2.46 bits per heavy atom. The van der Waals surface area contributed by atoms with Crippen LogP contribution in [0.3, 0.4) is 0 Å². The van der Waals surface area contributed by atoms with E-state index >= 15 is 0 Å². The summed E-state index contributed by atoms with van der Waals surface area (Å²) in [6.07, 6.45) is -3.04. The number of ether oxygens (including phenoxy) is 1. The van der Waals surface area contributed by atoms with Gasteiger partial charge in [-0.3, -0.25) is 9.59 Å². The molecule has 2 amide bonds. The zero-order valence-corrected chi connectivity index (χ0v) is 18.6. The molecule has 1 fully saturated rings. The lowest BCUT2D eigenvalue weighted by atomic mass is 10.1. The summed E-state index contributed by atoms with van der Waals surface area (Å²) < 4.78 is 44.3. The maximum absolute atomic E-state index is 13.0. The maximum Gasteiger partial charge on any atom is 0.416 e. The van der Waals surface area contributed by atoms with Crippen molar-refractivity contribution in [1.82, 2.24) is 15.2 Å². The minimum absolute atomic E-state index is 0.0652. The standard InChI is InChI=1S/C25H23F3N4O3/c26-25(27,28)19-3-1-4-20(15-19)31-22-21(5-2-10-29-22)23(33)30-16-17-6-8-18(9-7-17)24(34)32-11-13-35-14-12-32/h1-10,15H,11-14,16H2,(H,29,31)(H,30,33). The molecule has 0 spiro atoms. The second-order valence-corrected chi connectivity index (χ2v) is 7.89. The van der Waals surface area contributed by atoms with Crippen LogP contribution in [-0.2, 0) is 17.5 Å². The van der Waals surface area contributed by atoms with E-state index in [9.17, 15) is 22.8 Å². The van der Waals surface area contributed by atoms with Crippen LogP contribution in [0.5, 0.6) is 0 Å². The number of amides is 2. The number of nitrogens with one attached hydrogen (secondary N) is 2. The van der Waals surface area contributed by atoms with E-state index in [1.54, 1.807) is 35.2 Å². The van der Waals surface area contributed by atoms with Gasteiger partial charge in [0.2, 0.25) is 0 Å². The summed E-state index contributed by atoms with van der Waals surface area (Å²) in [6, 6.07) is 14.7. The number of alkyl halides is 3. The Morgan fingerprint density at radius 2 is 1.74 bits per heavy atom. The highest BCUT2D eigenvalue weighted by Crippen LogP contribution is 2.31. The summed E-state index contributed by atoms with van der Waals surface area (Å²) in [6.45, 7) is 2.35. The van der Waals surface area contributed by atoms with Gasteiger partial charge in [-0.15, -0.1) is 0 Å². The lowest BCUT2D eigenvalue weighted by Gasteiger charge is -2.26. The summed E-state index contributed by atoms with van der Waals surface area (Å²) in [4.78, 5) is 31.2. The topological polar surface area (TPSA) is 83.6 Å². The van der Waals surface area contributed by atoms with E-state index < -0.39 is 17.6 Å². The van der Waals surface area contributed by atoms with E-state index in [0.29, 0.717) is 31.9 Å². The smallest absolute Gasteiger partial charge is 0.378 e. The average Bonchev–Trinajstić information content (AvgIpc) is 2.88. The largest absolute Gasteiger partial charge is 0.416 e. The van der Waals surface area contributed by atoms with Gasteiger partial charge in [0.05, 0.1) is 24.3 Å². The van der Waals surface area contributed by atoms with Crippen LogP contribution >= 0.6 is 0 Å². The fourth-order valence-electron chi connectivity index (χ4n) is 3.59. The average molecular weight is 484 g/mol. The van der Waals surface area contributed by atoms with Crippen LogP contribution in [0.15, 0.2) is 66.9 Å². The van der Waals surface area contributed by atoms with Crippen LogP contribution in [0, 0.1) is 0 Å². The zero-order valence-electron chi connectivity index (χ0n) is 18.6. The Balaban J connectivity index is 1.40. The number of aromatic nitrogens is 1. The molecule has 0 radical (unpaired) electrons. The second-order valence-electron chi connectivity index (χ2n) is 7.89. The molecule has 2 aromatic carbocycles. The molecule has 182 valence electrons. The molecule has 0 unspecified atom stereocenters. The Bertz CT molecular complexity index is 1190. The number of pyridine rings is 1. The van der Waals surface area contributed by atoms with Crippen molar-refractivity contribution < 1.29 is 27.5 Å². The number of anilines is 2. The number of hydrogen-bond acceptors (Lipinski definition) is 5. The van der Waals surface area contributed by atoms with Gasteiger partial charge in [0.25, 0.3) is 11.8 Å². The minimum Gasteiger partial charge on any atom is -0.378 e. The van der Waals surface area contributed by atoms with Gasteiger partial charge in [0.15, 0.2) is 0 Å². The molecule has 1 aliphatic heterocycles. The first-order valence-corrected chi connectivity index (χ1v) is 10.9. The number of hydrogen-bond donors (Lipinski definition) is 2. The molecular formula is C25H23F3N4O3. The summed E-state index contributed by atoms with van der Waals surface area (Å²) in [5, 5.41) is 5.57. The van der Waals surface area contributed by atoms with Crippen molar-refractivity contribution in [3.63, 3.8) is 0 Å². The van der Waals surface area contributed by atoms with Gasteiger partial charge in [-0.1, -0.05) is 18.2 Å². The van der Waals surface area contributed by atoms with E-state index in [1.807, 2.05) is 0 Å². The third-order valence-electron chi connectivity index (χ3n) is 5.46. The van der Waals surface area contributed by atoms with E-state index in [4.69, 9.17) is 4.74 Å². The molecule has 0 saturated carbocycles. The summed E-state index contributed by atoms with van der Waals surface area (Å²) in [5.41, 5.74) is 0.882. The van der Waals surface area contributed by atoms with Crippen LogP contribution in [0.25, 0.3) is 0 Å². The second kappa shape index (κ2) is 10.6. The lowest BCUT2D eigenvalue weighted by Crippen LogP contribution is -2.40. The highest BCUT2D eigenvalue weighted by Gasteiger charge is 2.30. The van der Waals surface area contributed by atoms with Gasteiger partial charge in [0.1, 0.15) is 5.82 Å². The quantitative estimate of drug-likeness (QED) is 0.547. The lowest BCUT2D eigenvalue weighted by molar-refractivity contribution is -0.137. The third-order valence-corrected chi connectivity index (χ3v) is 5.46. The molecule has 0 bridgehead atoms. The van der Waals surface area contributed by atoms with E-state index in [0.717, 1.165) is 17.7 Å². The van der Waals surface area contributed by atoms with E-state index in [1.165, 1.54) is 24.4 Å². The molecule has 2 heterocycles. The van der Waals surface area contributed by atoms with Gasteiger partial charge in [-0.05, 0) is 48.0 Å². The summed E-state index contributed by atoms with van der Waals surface area (Å²) in [5.74, 6) is -0.374. The molecule has 0 atom stereocenters. The molecule has 3 aromatic rings. The molecule has 4 rings (SSSR count). The van der Waals surface area contributed by atoms with Crippen LogP contribution in [-0.4, -0.2) is 48.0 Å². The Kier molecular flexibility index (Phi) is 7.31. The third kappa shape index (κ3) is 6.15. The summed E-state index contributed by atoms with van der Waals surface area (Å²) >= 11 is 0. The molecular weight excluding hydrogens is 461 g/mol. The van der Waals surface area contributed by atoms with Crippen molar-refractivity contribution in [2.75, 3.05) is 31.6 Å². The molecule has 1 aromatic heterocycles. The first-order valence-electron chi connectivity index (χ1n) is 10.9. The van der Waals surface area contributed by atoms with Gasteiger partial charge >= 0.3 is 6.18 Å². The minimum atomic E-state index is -4.48. The van der Waals surface area contributed by atoms with Crippen molar-refractivity contribution in [2.24, 2.45) is 0 Å².